The third-order valence-corrected chi connectivity index (χ3v) is 4.98. The van der Waals surface area contributed by atoms with Crippen molar-refractivity contribution in [3.05, 3.63) is 88.1 Å². The molecule has 0 atom stereocenters. The van der Waals surface area contributed by atoms with Gasteiger partial charge in [-0.15, -0.1) is 0 Å². The molecule has 28 heavy (non-hydrogen) atoms. The average molecular weight is 399 g/mol. The Balaban J connectivity index is 1.51. The minimum atomic E-state index is -0.503. The molecule has 5 nitrogen and oxygen atoms in total. The highest BCUT2D eigenvalue weighted by Gasteiger charge is 2.24. The van der Waals surface area contributed by atoms with Crippen LogP contribution in [0.2, 0.25) is 5.02 Å². The number of halogens is 2. The second-order valence-corrected chi connectivity index (χ2v) is 6.92. The van der Waals surface area contributed by atoms with Crippen LogP contribution in [-0.4, -0.2) is 23.3 Å². The molecule has 3 aromatic rings. The lowest BCUT2D eigenvalue weighted by atomic mass is 9.98. The molecule has 1 aromatic heterocycles. The summed E-state index contributed by atoms with van der Waals surface area (Å²) in [7, 11) is 0. The molecule has 1 N–H and O–H groups in total. The third kappa shape index (κ3) is 3.64. The molecule has 0 fully saturated rings. The van der Waals surface area contributed by atoms with E-state index < -0.39 is 11.7 Å². The largest absolute Gasteiger partial charge is 0.459 e. The average Bonchev–Trinajstić information content (AvgIpc) is 3.21. The van der Waals surface area contributed by atoms with Crippen molar-refractivity contribution >= 4 is 29.1 Å². The summed E-state index contributed by atoms with van der Waals surface area (Å²) >= 11 is 5.95. The third-order valence-electron chi connectivity index (χ3n) is 4.67. The van der Waals surface area contributed by atoms with E-state index in [-0.39, 0.29) is 16.5 Å². The van der Waals surface area contributed by atoms with E-state index in [2.05, 4.69) is 5.32 Å². The Bertz CT molecular complexity index is 1050. The van der Waals surface area contributed by atoms with Crippen LogP contribution in [0, 0.1) is 5.82 Å². The lowest BCUT2D eigenvalue weighted by Gasteiger charge is -2.28. The fraction of sp³-hybridized carbons (Fsp3) is 0.143. The number of furan rings is 1. The fourth-order valence-electron chi connectivity index (χ4n) is 3.24. The van der Waals surface area contributed by atoms with Crippen molar-refractivity contribution in [1.82, 2.24) is 4.90 Å². The van der Waals surface area contributed by atoms with Crippen LogP contribution < -0.4 is 5.32 Å². The van der Waals surface area contributed by atoms with Crippen LogP contribution in [0.1, 0.15) is 32.0 Å². The molecule has 1 aliphatic heterocycles. The summed E-state index contributed by atoms with van der Waals surface area (Å²) in [5, 5.41) is 2.82. The number of anilines is 1. The van der Waals surface area contributed by atoms with Crippen molar-refractivity contribution in [3.8, 4) is 0 Å². The summed E-state index contributed by atoms with van der Waals surface area (Å²) in [6.07, 6.45) is 2.19. The molecule has 0 saturated carbocycles. The van der Waals surface area contributed by atoms with Gasteiger partial charge in [0.15, 0.2) is 5.76 Å². The Hall–Kier alpha value is -3.12. The fourth-order valence-corrected chi connectivity index (χ4v) is 3.49. The van der Waals surface area contributed by atoms with E-state index in [4.69, 9.17) is 16.0 Å². The zero-order chi connectivity index (χ0) is 19.7. The Kier molecular flexibility index (Phi) is 4.88. The zero-order valence-electron chi connectivity index (χ0n) is 14.7. The lowest BCUT2D eigenvalue weighted by Crippen LogP contribution is -2.35. The molecular formula is C21H16ClFN2O3. The van der Waals surface area contributed by atoms with Crippen LogP contribution in [0.4, 0.5) is 10.1 Å². The SMILES string of the molecule is O=C(Nc1ccc2c(c1)CN(C(=O)c1ccco1)CC2)c1ccc(F)cc1Cl. The predicted octanol–water partition coefficient (Wildman–Crippen LogP) is 4.52. The zero-order valence-corrected chi connectivity index (χ0v) is 15.5. The van der Waals surface area contributed by atoms with Crippen LogP contribution >= 0.6 is 11.6 Å². The minimum Gasteiger partial charge on any atom is -0.459 e. The van der Waals surface area contributed by atoms with Gasteiger partial charge < -0.3 is 14.6 Å². The predicted molar refractivity (Wildman–Crippen MR) is 103 cm³/mol. The van der Waals surface area contributed by atoms with Crippen LogP contribution in [0.3, 0.4) is 0 Å². The number of amides is 2. The maximum atomic E-state index is 13.2. The topological polar surface area (TPSA) is 62.6 Å². The van der Waals surface area contributed by atoms with E-state index in [9.17, 15) is 14.0 Å². The first-order chi connectivity index (χ1) is 13.5. The minimum absolute atomic E-state index is 0.0469. The first-order valence-corrected chi connectivity index (χ1v) is 9.10. The number of fused-ring (bicyclic) bond motifs is 1. The first kappa shape index (κ1) is 18.3. The van der Waals surface area contributed by atoms with Crippen LogP contribution in [0.25, 0.3) is 0 Å². The van der Waals surface area contributed by atoms with E-state index in [1.54, 1.807) is 23.1 Å². The second kappa shape index (κ2) is 7.48. The molecule has 1 aliphatic rings. The standard InChI is InChI=1S/C21H16ClFN2O3/c22-18-11-15(23)4-6-17(18)20(26)24-16-5-3-13-7-8-25(12-14(13)10-16)21(27)19-2-1-9-28-19/h1-6,9-11H,7-8,12H2,(H,24,26). The quantitative estimate of drug-likeness (QED) is 0.705. The van der Waals surface area contributed by atoms with E-state index in [1.165, 1.54) is 18.4 Å². The van der Waals surface area contributed by atoms with E-state index in [1.807, 2.05) is 12.1 Å². The highest BCUT2D eigenvalue weighted by atomic mass is 35.5. The summed E-state index contributed by atoms with van der Waals surface area (Å²) in [4.78, 5) is 26.7. The van der Waals surface area contributed by atoms with Gasteiger partial charge in [0.25, 0.3) is 11.8 Å². The normalized spacial score (nSPS) is 13.1. The lowest BCUT2D eigenvalue weighted by molar-refractivity contribution is 0.0702. The number of nitrogens with zero attached hydrogens (tertiary/aromatic N) is 1. The summed E-state index contributed by atoms with van der Waals surface area (Å²) in [5.74, 6) is -0.789. The molecule has 4 rings (SSSR count). The van der Waals surface area contributed by atoms with Crippen molar-refractivity contribution in [2.45, 2.75) is 13.0 Å². The van der Waals surface area contributed by atoms with E-state index >= 15 is 0 Å². The maximum Gasteiger partial charge on any atom is 0.289 e. The maximum absolute atomic E-state index is 13.2. The molecule has 0 spiro atoms. The van der Waals surface area contributed by atoms with Gasteiger partial charge >= 0.3 is 0 Å². The van der Waals surface area contributed by atoms with Gasteiger partial charge in [-0.1, -0.05) is 17.7 Å². The number of hydrogen-bond acceptors (Lipinski definition) is 3. The van der Waals surface area contributed by atoms with Gasteiger partial charge in [0.1, 0.15) is 5.82 Å². The molecular weight excluding hydrogens is 383 g/mol. The molecule has 0 saturated heterocycles. The van der Waals surface area contributed by atoms with Crippen molar-refractivity contribution < 1.29 is 18.4 Å². The van der Waals surface area contributed by atoms with Gasteiger partial charge in [-0.3, -0.25) is 9.59 Å². The smallest absolute Gasteiger partial charge is 0.289 e. The second-order valence-electron chi connectivity index (χ2n) is 6.52. The van der Waals surface area contributed by atoms with Crippen LogP contribution in [0.5, 0.6) is 0 Å². The van der Waals surface area contributed by atoms with Gasteiger partial charge in [-0.2, -0.15) is 0 Å². The highest BCUT2D eigenvalue weighted by Crippen LogP contribution is 2.25. The van der Waals surface area contributed by atoms with Crippen LogP contribution in [0.15, 0.2) is 59.2 Å². The van der Waals surface area contributed by atoms with Gasteiger partial charge in [-0.05, 0) is 60.0 Å². The van der Waals surface area contributed by atoms with Gasteiger partial charge in [0, 0.05) is 18.8 Å². The molecule has 2 aromatic carbocycles. The number of carbonyl (C=O) groups excluding carboxylic acids is 2. The van der Waals surface area contributed by atoms with Crippen molar-refractivity contribution in [3.63, 3.8) is 0 Å². The van der Waals surface area contributed by atoms with Gasteiger partial charge in [-0.25, -0.2) is 4.39 Å². The first-order valence-electron chi connectivity index (χ1n) is 8.72. The summed E-state index contributed by atoms with van der Waals surface area (Å²) in [5.41, 5.74) is 2.85. The van der Waals surface area contributed by atoms with Crippen molar-refractivity contribution in [2.75, 3.05) is 11.9 Å². The van der Waals surface area contributed by atoms with Crippen LogP contribution in [-0.2, 0) is 13.0 Å². The van der Waals surface area contributed by atoms with Crippen molar-refractivity contribution in [1.29, 1.82) is 0 Å². The number of benzene rings is 2. The summed E-state index contributed by atoms with van der Waals surface area (Å²) in [6, 6.07) is 12.5. The Morgan fingerprint density at radius 3 is 2.71 bits per heavy atom. The Morgan fingerprint density at radius 2 is 1.96 bits per heavy atom. The van der Waals surface area contributed by atoms with E-state index in [0.29, 0.717) is 24.5 Å². The molecule has 7 heteroatoms. The Labute approximate surface area is 165 Å². The van der Waals surface area contributed by atoms with Gasteiger partial charge in [0.05, 0.1) is 16.8 Å². The number of carbonyl (C=O) groups is 2. The van der Waals surface area contributed by atoms with E-state index in [0.717, 1.165) is 23.6 Å². The summed E-state index contributed by atoms with van der Waals surface area (Å²) in [6.45, 7) is 1.03. The molecule has 2 heterocycles. The molecule has 0 unspecified atom stereocenters. The van der Waals surface area contributed by atoms with Gasteiger partial charge in [0.2, 0.25) is 0 Å². The summed E-state index contributed by atoms with van der Waals surface area (Å²) < 4.78 is 18.4. The number of rotatable bonds is 3. The Morgan fingerprint density at radius 1 is 1.11 bits per heavy atom. The van der Waals surface area contributed by atoms with Crippen molar-refractivity contribution in [2.24, 2.45) is 0 Å². The molecule has 142 valence electrons. The highest BCUT2D eigenvalue weighted by molar-refractivity contribution is 6.34. The molecule has 0 radical (unpaired) electrons. The monoisotopic (exact) mass is 398 g/mol. The molecule has 0 aliphatic carbocycles. The molecule has 2 amide bonds. The molecule has 0 bridgehead atoms. The number of nitrogens with one attached hydrogen (secondary N) is 1. The number of hydrogen-bond donors (Lipinski definition) is 1.